The molecule has 20 heavy (non-hydrogen) atoms. The van der Waals surface area contributed by atoms with Crippen molar-refractivity contribution in [3.05, 3.63) is 30.0 Å². The van der Waals surface area contributed by atoms with Crippen LogP contribution in [0.4, 0.5) is 0 Å². The molecule has 0 spiro atoms. The van der Waals surface area contributed by atoms with Crippen molar-refractivity contribution < 1.29 is 14.6 Å². The van der Waals surface area contributed by atoms with Crippen LogP contribution in [0.5, 0.6) is 5.75 Å². The molecule has 1 aromatic carbocycles. The molecule has 2 aromatic rings. The van der Waals surface area contributed by atoms with Gasteiger partial charge >= 0.3 is 0 Å². The van der Waals surface area contributed by atoms with Crippen molar-refractivity contribution in [3.8, 4) is 5.75 Å². The third-order valence-corrected chi connectivity index (χ3v) is 3.42. The number of likely N-dealkylation sites (N-methyl/N-ethyl adjacent to an activating group) is 1. The summed E-state index contributed by atoms with van der Waals surface area (Å²) in [6.07, 6.45) is 2.18. The zero-order valence-electron chi connectivity index (χ0n) is 11.8. The first-order valence-electron chi connectivity index (χ1n) is 6.72. The molecule has 108 valence electrons. The van der Waals surface area contributed by atoms with E-state index in [4.69, 9.17) is 9.84 Å². The first kappa shape index (κ1) is 14.4. The quantitative estimate of drug-likeness (QED) is 0.841. The molecule has 0 bridgehead atoms. The number of ether oxygens (including phenoxy) is 1. The molecule has 0 unspecified atom stereocenters. The van der Waals surface area contributed by atoms with Gasteiger partial charge in [0.1, 0.15) is 5.75 Å². The Balaban J connectivity index is 2.22. The Bertz CT molecular complexity index is 592. The number of benzene rings is 1. The predicted molar refractivity (Wildman–Crippen MR) is 77.9 cm³/mol. The second-order valence-corrected chi connectivity index (χ2v) is 4.60. The van der Waals surface area contributed by atoms with Crippen LogP contribution in [0.15, 0.2) is 24.4 Å². The smallest absolute Gasteiger partial charge is 0.227 e. The SMILES string of the molecule is CCN(CCO)C(=O)Cc1c[nH]c2ccc(OC)cc12. The fraction of sp³-hybridized carbons (Fsp3) is 0.400. The molecular formula is C15H20N2O3. The molecule has 0 aliphatic heterocycles. The highest BCUT2D eigenvalue weighted by atomic mass is 16.5. The zero-order valence-corrected chi connectivity index (χ0v) is 11.8. The monoisotopic (exact) mass is 276 g/mol. The van der Waals surface area contributed by atoms with Crippen LogP contribution < -0.4 is 4.74 Å². The maximum Gasteiger partial charge on any atom is 0.227 e. The van der Waals surface area contributed by atoms with Crippen LogP contribution in [0.1, 0.15) is 12.5 Å². The van der Waals surface area contributed by atoms with Crippen LogP contribution in [0, 0.1) is 0 Å². The lowest BCUT2D eigenvalue weighted by Gasteiger charge is -2.19. The number of H-pyrrole nitrogens is 1. The van der Waals surface area contributed by atoms with Crippen LogP contribution in [0.2, 0.25) is 0 Å². The van der Waals surface area contributed by atoms with Gasteiger partial charge in [-0.1, -0.05) is 0 Å². The Kier molecular flexibility index (Phi) is 4.63. The minimum atomic E-state index is -0.0126. The second-order valence-electron chi connectivity index (χ2n) is 4.60. The van der Waals surface area contributed by atoms with Crippen LogP contribution in [0.25, 0.3) is 10.9 Å². The summed E-state index contributed by atoms with van der Waals surface area (Å²) in [6.45, 7) is 2.87. The van der Waals surface area contributed by atoms with Gasteiger partial charge in [-0.25, -0.2) is 0 Å². The van der Waals surface area contributed by atoms with Crippen molar-refractivity contribution in [2.75, 3.05) is 26.8 Å². The summed E-state index contributed by atoms with van der Waals surface area (Å²) in [6, 6.07) is 5.75. The van der Waals surface area contributed by atoms with E-state index < -0.39 is 0 Å². The van der Waals surface area contributed by atoms with E-state index in [0.717, 1.165) is 22.2 Å². The fourth-order valence-corrected chi connectivity index (χ4v) is 2.29. The number of aromatic amines is 1. The number of nitrogens with zero attached hydrogens (tertiary/aromatic N) is 1. The van der Waals surface area contributed by atoms with Gasteiger partial charge in [-0.15, -0.1) is 0 Å². The van der Waals surface area contributed by atoms with Crippen molar-refractivity contribution >= 4 is 16.8 Å². The standard InChI is InChI=1S/C15H20N2O3/c1-3-17(6-7-18)15(19)8-11-10-16-14-5-4-12(20-2)9-13(11)14/h4-5,9-10,16,18H,3,6-8H2,1-2H3. The number of nitrogens with one attached hydrogen (secondary N) is 1. The zero-order chi connectivity index (χ0) is 14.5. The van der Waals surface area contributed by atoms with Crippen LogP contribution >= 0.6 is 0 Å². The largest absolute Gasteiger partial charge is 0.497 e. The predicted octanol–water partition coefficient (Wildman–Crippen LogP) is 1.56. The Hall–Kier alpha value is -2.01. The highest BCUT2D eigenvalue weighted by Crippen LogP contribution is 2.24. The second kappa shape index (κ2) is 6.43. The normalized spacial score (nSPS) is 10.8. The molecule has 0 fully saturated rings. The van der Waals surface area contributed by atoms with Gasteiger partial charge in [0.05, 0.1) is 20.1 Å². The van der Waals surface area contributed by atoms with E-state index >= 15 is 0 Å². The Labute approximate surface area is 118 Å². The van der Waals surface area contributed by atoms with E-state index in [1.807, 2.05) is 31.3 Å². The molecule has 1 heterocycles. The van der Waals surface area contributed by atoms with Crippen molar-refractivity contribution in [2.45, 2.75) is 13.3 Å². The molecule has 5 nitrogen and oxygen atoms in total. The molecular weight excluding hydrogens is 256 g/mol. The summed E-state index contributed by atoms with van der Waals surface area (Å²) in [5.74, 6) is 0.791. The fourth-order valence-electron chi connectivity index (χ4n) is 2.29. The highest BCUT2D eigenvalue weighted by molar-refractivity contribution is 5.89. The lowest BCUT2D eigenvalue weighted by Crippen LogP contribution is -2.34. The molecule has 2 N–H and O–H groups in total. The number of methoxy groups -OCH3 is 1. The molecule has 0 saturated carbocycles. The molecule has 0 saturated heterocycles. The van der Waals surface area contributed by atoms with Gasteiger partial charge in [0.2, 0.25) is 5.91 Å². The Morgan fingerprint density at radius 3 is 2.90 bits per heavy atom. The summed E-state index contributed by atoms with van der Waals surface area (Å²) >= 11 is 0. The summed E-state index contributed by atoms with van der Waals surface area (Å²) in [5, 5.41) is 9.96. The first-order valence-corrected chi connectivity index (χ1v) is 6.72. The Morgan fingerprint density at radius 1 is 1.45 bits per heavy atom. The number of fused-ring (bicyclic) bond motifs is 1. The number of hydrogen-bond donors (Lipinski definition) is 2. The lowest BCUT2D eigenvalue weighted by atomic mass is 10.1. The van der Waals surface area contributed by atoms with Crippen molar-refractivity contribution in [2.24, 2.45) is 0 Å². The molecule has 0 radical (unpaired) electrons. The number of aromatic nitrogens is 1. The molecule has 2 rings (SSSR count). The topological polar surface area (TPSA) is 65.6 Å². The van der Waals surface area contributed by atoms with Crippen LogP contribution in [0.3, 0.4) is 0 Å². The number of aliphatic hydroxyl groups is 1. The molecule has 1 amide bonds. The number of carbonyl (C=O) groups is 1. The van der Waals surface area contributed by atoms with Crippen LogP contribution in [-0.2, 0) is 11.2 Å². The van der Waals surface area contributed by atoms with Gasteiger partial charge in [0.15, 0.2) is 0 Å². The Morgan fingerprint density at radius 2 is 2.25 bits per heavy atom. The lowest BCUT2D eigenvalue weighted by molar-refractivity contribution is -0.130. The van der Waals surface area contributed by atoms with E-state index in [2.05, 4.69) is 4.98 Å². The van der Waals surface area contributed by atoms with Gasteiger partial charge in [-0.2, -0.15) is 0 Å². The average Bonchev–Trinajstić information content (AvgIpc) is 2.86. The van der Waals surface area contributed by atoms with E-state index in [1.165, 1.54) is 0 Å². The molecule has 0 atom stereocenters. The van der Waals surface area contributed by atoms with Gasteiger partial charge in [-0.05, 0) is 30.7 Å². The first-order chi connectivity index (χ1) is 9.69. The highest BCUT2D eigenvalue weighted by Gasteiger charge is 2.14. The third-order valence-electron chi connectivity index (χ3n) is 3.42. The number of aliphatic hydroxyl groups excluding tert-OH is 1. The number of hydrogen-bond acceptors (Lipinski definition) is 3. The number of amides is 1. The maximum absolute atomic E-state index is 12.2. The number of carbonyl (C=O) groups excluding carboxylic acids is 1. The summed E-state index contributed by atoms with van der Waals surface area (Å²) in [5.41, 5.74) is 1.93. The van der Waals surface area contributed by atoms with Crippen LogP contribution in [-0.4, -0.2) is 47.7 Å². The maximum atomic E-state index is 12.2. The molecule has 0 aliphatic rings. The van der Waals surface area contributed by atoms with E-state index in [0.29, 0.717) is 19.5 Å². The van der Waals surface area contributed by atoms with Gasteiger partial charge in [0.25, 0.3) is 0 Å². The molecule has 1 aromatic heterocycles. The summed E-state index contributed by atoms with van der Waals surface area (Å²) in [7, 11) is 1.62. The van der Waals surface area contributed by atoms with Crippen molar-refractivity contribution in [3.63, 3.8) is 0 Å². The molecule has 5 heteroatoms. The van der Waals surface area contributed by atoms with E-state index in [1.54, 1.807) is 12.0 Å². The third kappa shape index (κ3) is 2.93. The summed E-state index contributed by atoms with van der Waals surface area (Å²) < 4.78 is 5.22. The van der Waals surface area contributed by atoms with Gasteiger partial charge < -0.3 is 19.7 Å². The van der Waals surface area contributed by atoms with Gasteiger partial charge in [0, 0.05) is 30.2 Å². The van der Waals surface area contributed by atoms with E-state index in [-0.39, 0.29) is 12.5 Å². The molecule has 0 aliphatic carbocycles. The van der Waals surface area contributed by atoms with E-state index in [9.17, 15) is 4.79 Å². The van der Waals surface area contributed by atoms with Crippen molar-refractivity contribution in [1.82, 2.24) is 9.88 Å². The van der Waals surface area contributed by atoms with Crippen molar-refractivity contribution in [1.29, 1.82) is 0 Å². The minimum Gasteiger partial charge on any atom is -0.497 e. The minimum absolute atomic E-state index is 0.0126. The summed E-state index contributed by atoms with van der Waals surface area (Å²) in [4.78, 5) is 17.0. The van der Waals surface area contributed by atoms with Gasteiger partial charge in [-0.3, -0.25) is 4.79 Å². The average molecular weight is 276 g/mol. The number of rotatable bonds is 6.